The van der Waals surface area contributed by atoms with Crippen LogP contribution in [0.1, 0.15) is 0 Å². The molecule has 2 heterocycles. The molecule has 238 valence electrons. The van der Waals surface area contributed by atoms with Crippen LogP contribution in [0.15, 0.2) is 179 Å². The molecular formula is C47H28N2O2. The van der Waals surface area contributed by atoms with Gasteiger partial charge in [-0.3, -0.25) is 0 Å². The van der Waals surface area contributed by atoms with E-state index in [0.29, 0.717) is 5.89 Å². The Kier molecular flexibility index (Phi) is 5.92. The summed E-state index contributed by atoms with van der Waals surface area (Å²) in [4.78, 5) is 7.25. The van der Waals surface area contributed by atoms with Crippen LogP contribution in [0, 0.1) is 0 Å². The van der Waals surface area contributed by atoms with Crippen LogP contribution in [0.2, 0.25) is 0 Å². The normalized spacial score (nSPS) is 11.9. The van der Waals surface area contributed by atoms with Gasteiger partial charge in [-0.2, -0.15) is 0 Å². The highest BCUT2D eigenvalue weighted by molar-refractivity contribution is 6.18. The molecule has 0 saturated carbocycles. The van der Waals surface area contributed by atoms with Crippen LogP contribution in [-0.2, 0) is 0 Å². The zero-order valence-corrected chi connectivity index (χ0v) is 27.4. The fourth-order valence-corrected chi connectivity index (χ4v) is 7.83. The van der Waals surface area contributed by atoms with Crippen LogP contribution in [-0.4, -0.2) is 4.98 Å². The highest BCUT2D eigenvalue weighted by atomic mass is 16.3. The maximum atomic E-state index is 6.59. The number of hydrogen-bond donors (Lipinski definition) is 0. The summed E-state index contributed by atoms with van der Waals surface area (Å²) in [7, 11) is 0. The monoisotopic (exact) mass is 652 g/mol. The lowest BCUT2D eigenvalue weighted by atomic mass is 9.96. The SMILES string of the molecule is c1ccc(N(c2ccc3c(c2)oc2cccc(-c4nc5cc6ccccc6cc5o4)c23)c2ccc3ccc4c5ccccc5ccc4c3c2)cc1. The van der Waals surface area contributed by atoms with Crippen molar-refractivity contribution in [2.75, 3.05) is 4.90 Å². The zero-order chi connectivity index (χ0) is 33.5. The van der Waals surface area contributed by atoms with Crippen LogP contribution in [0.25, 0.3) is 87.6 Å². The molecule has 2 aromatic heterocycles. The summed E-state index contributed by atoms with van der Waals surface area (Å²) in [6.45, 7) is 0. The number of furan rings is 1. The first-order chi connectivity index (χ1) is 25.2. The molecule has 0 spiro atoms. The Hall–Kier alpha value is -6.91. The van der Waals surface area contributed by atoms with E-state index in [-0.39, 0.29) is 0 Å². The van der Waals surface area contributed by atoms with Gasteiger partial charge in [-0.05, 0) is 104 Å². The molecule has 0 amide bonds. The van der Waals surface area contributed by atoms with Crippen molar-refractivity contribution >= 4 is 93.2 Å². The molecule has 0 fully saturated rings. The van der Waals surface area contributed by atoms with Crippen molar-refractivity contribution in [3.05, 3.63) is 170 Å². The van der Waals surface area contributed by atoms with Crippen LogP contribution < -0.4 is 4.90 Å². The largest absolute Gasteiger partial charge is 0.456 e. The van der Waals surface area contributed by atoms with Crippen molar-refractivity contribution in [2.24, 2.45) is 0 Å². The highest BCUT2D eigenvalue weighted by Gasteiger charge is 2.20. The van der Waals surface area contributed by atoms with Gasteiger partial charge in [0.1, 0.15) is 16.7 Å². The molecule has 0 atom stereocenters. The zero-order valence-electron chi connectivity index (χ0n) is 27.4. The summed E-state index contributed by atoms with van der Waals surface area (Å²) in [5.41, 5.74) is 7.26. The van der Waals surface area contributed by atoms with E-state index >= 15 is 0 Å². The lowest BCUT2D eigenvalue weighted by Gasteiger charge is -2.26. The Labute approximate surface area is 292 Å². The van der Waals surface area contributed by atoms with Crippen molar-refractivity contribution in [1.82, 2.24) is 4.98 Å². The number of benzene rings is 9. The lowest BCUT2D eigenvalue weighted by molar-refractivity contribution is 0.620. The Balaban J connectivity index is 1.08. The molecule has 11 aromatic rings. The van der Waals surface area contributed by atoms with Crippen molar-refractivity contribution in [3.63, 3.8) is 0 Å². The third-order valence-electron chi connectivity index (χ3n) is 10.2. The predicted molar refractivity (Wildman–Crippen MR) is 211 cm³/mol. The second kappa shape index (κ2) is 10.8. The Bertz CT molecular complexity index is 3100. The van der Waals surface area contributed by atoms with Gasteiger partial charge in [-0.15, -0.1) is 0 Å². The summed E-state index contributed by atoms with van der Waals surface area (Å²) in [5.74, 6) is 0.583. The molecule has 9 aromatic carbocycles. The number of rotatable bonds is 4. The Morgan fingerprint density at radius 2 is 1.04 bits per heavy atom. The third kappa shape index (κ3) is 4.37. The highest BCUT2D eigenvalue weighted by Crippen LogP contribution is 2.43. The van der Waals surface area contributed by atoms with Crippen molar-refractivity contribution in [1.29, 1.82) is 0 Å². The predicted octanol–water partition coefficient (Wildman–Crippen LogP) is 13.5. The molecule has 51 heavy (non-hydrogen) atoms. The molecule has 11 rings (SSSR count). The molecule has 0 radical (unpaired) electrons. The van der Waals surface area contributed by atoms with E-state index in [1.807, 2.05) is 24.3 Å². The number of aromatic nitrogens is 1. The van der Waals surface area contributed by atoms with Crippen LogP contribution >= 0.6 is 0 Å². The van der Waals surface area contributed by atoms with Gasteiger partial charge >= 0.3 is 0 Å². The molecule has 0 unspecified atom stereocenters. The molecule has 0 aliphatic heterocycles. The van der Waals surface area contributed by atoms with E-state index in [4.69, 9.17) is 13.8 Å². The van der Waals surface area contributed by atoms with Crippen LogP contribution in [0.5, 0.6) is 0 Å². The summed E-state index contributed by atoms with van der Waals surface area (Å²) < 4.78 is 13.0. The van der Waals surface area contributed by atoms with E-state index in [0.717, 1.165) is 66.4 Å². The number of nitrogens with zero attached hydrogens (tertiary/aromatic N) is 2. The van der Waals surface area contributed by atoms with Gasteiger partial charge in [0.25, 0.3) is 0 Å². The fourth-order valence-electron chi connectivity index (χ4n) is 7.83. The summed E-state index contributed by atoms with van der Waals surface area (Å²) in [6, 6.07) is 59.9. The molecular weight excluding hydrogens is 625 g/mol. The van der Waals surface area contributed by atoms with Crippen molar-refractivity contribution in [2.45, 2.75) is 0 Å². The third-order valence-corrected chi connectivity index (χ3v) is 10.2. The van der Waals surface area contributed by atoms with Gasteiger partial charge in [0.05, 0.1) is 0 Å². The van der Waals surface area contributed by atoms with Crippen molar-refractivity contribution < 1.29 is 8.83 Å². The van der Waals surface area contributed by atoms with E-state index < -0.39 is 0 Å². The quantitative estimate of drug-likeness (QED) is 0.177. The summed E-state index contributed by atoms with van der Waals surface area (Å²) >= 11 is 0. The summed E-state index contributed by atoms with van der Waals surface area (Å²) in [6.07, 6.45) is 0. The van der Waals surface area contributed by atoms with Gasteiger partial charge in [0, 0.05) is 39.5 Å². The molecule has 0 aliphatic rings. The van der Waals surface area contributed by atoms with Gasteiger partial charge < -0.3 is 13.7 Å². The summed E-state index contributed by atoms with van der Waals surface area (Å²) in [5, 5.41) is 11.7. The molecule has 0 bridgehead atoms. The minimum Gasteiger partial charge on any atom is -0.456 e. The number of hydrogen-bond acceptors (Lipinski definition) is 4. The first kappa shape index (κ1) is 28.0. The lowest BCUT2D eigenvalue weighted by Crippen LogP contribution is -2.09. The van der Waals surface area contributed by atoms with Crippen LogP contribution in [0.3, 0.4) is 0 Å². The smallest absolute Gasteiger partial charge is 0.228 e. The van der Waals surface area contributed by atoms with Crippen LogP contribution in [0.4, 0.5) is 17.1 Å². The van der Waals surface area contributed by atoms with Gasteiger partial charge in [0.15, 0.2) is 5.58 Å². The maximum Gasteiger partial charge on any atom is 0.228 e. The maximum absolute atomic E-state index is 6.59. The fraction of sp³-hybridized carbons (Fsp3) is 0. The number of oxazole rings is 1. The van der Waals surface area contributed by atoms with Gasteiger partial charge in [0.2, 0.25) is 5.89 Å². The Morgan fingerprint density at radius 3 is 1.90 bits per heavy atom. The number of anilines is 3. The van der Waals surface area contributed by atoms with E-state index in [2.05, 4.69) is 150 Å². The van der Waals surface area contributed by atoms with Gasteiger partial charge in [-0.1, -0.05) is 103 Å². The number of fused-ring (bicyclic) bond motifs is 10. The minimum absolute atomic E-state index is 0.583. The molecule has 4 heteroatoms. The minimum atomic E-state index is 0.583. The molecule has 0 saturated heterocycles. The Morgan fingerprint density at radius 1 is 0.373 bits per heavy atom. The average molecular weight is 653 g/mol. The van der Waals surface area contributed by atoms with Crippen molar-refractivity contribution in [3.8, 4) is 11.5 Å². The van der Waals surface area contributed by atoms with E-state index in [1.54, 1.807) is 0 Å². The first-order valence-electron chi connectivity index (χ1n) is 17.2. The number of para-hydroxylation sites is 1. The molecule has 0 N–H and O–H groups in total. The average Bonchev–Trinajstić information content (AvgIpc) is 3.78. The van der Waals surface area contributed by atoms with E-state index in [9.17, 15) is 0 Å². The topological polar surface area (TPSA) is 42.4 Å². The van der Waals surface area contributed by atoms with E-state index in [1.165, 1.54) is 32.3 Å². The van der Waals surface area contributed by atoms with Gasteiger partial charge in [-0.25, -0.2) is 4.98 Å². The standard InChI is InChI=1S/C47H28N2O2/c1-2-12-33(13-3-1)49(34-20-17-30-19-22-37-36-14-7-6-9-29(36)18-23-38(37)41(30)27-34)35-21-24-39-44(28-35)50-43-16-8-15-40(46(39)43)47-48-42-25-31-10-4-5-11-32(31)26-45(42)51-47/h1-28H. The second-order valence-corrected chi connectivity index (χ2v) is 13.2. The second-order valence-electron chi connectivity index (χ2n) is 13.2. The molecule has 0 aliphatic carbocycles. The molecule has 4 nitrogen and oxygen atoms in total. The first-order valence-corrected chi connectivity index (χ1v) is 17.2.